The molecule has 0 spiro atoms. The van der Waals surface area contributed by atoms with E-state index in [1.807, 2.05) is 24.5 Å². The molecule has 0 bridgehead atoms. The van der Waals surface area contributed by atoms with Crippen LogP contribution in [0.5, 0.6) is 0 Å². The minimum atomic E-state index is -3.09. The molecule has 0 N–H and O–H groups in total. The van der Waals surface area contributed by atoms with Crippen molar-refractivity contribution in [1.82, 2.24) is 9.55 Å². The summed E-state index contributed by atoms with van der Waals surface area (Å²) in [4.78, 5) is 4.48. The van der Waals surface area contributed by atoms with Gasteiger partial charge in [-0.05, 0) is 32.0 Å². The van der Waals surface area contributed by atoms with Gasteiger partial charge in [0.2, 0.25) is 0 Å². The van der Waals surface area contributed by atoms with Crippen LogP contribution in [0.1, 0.15) is 31.1 Å². The lowest BCUT2D eigenvalue weighted by Crippen LogP contribution is -2.18. The van der Waals surface area contributed by atoms with Crippen molar-refractivity contribution in [2.75, 3.05) is 12.0 Å². The second kappa shape index (κ2) is 5.54. The largest absolute Gasteiger partial charge is 0.323 e. The van der Waals surface area contributed by atoms with E-state index >= 15 is 0 Å². The van der Waals surface area contributed by atoms with Crippen molar-refractivity contribution in [3.05, 3.63) is 29.0 Å². The van der Waals surface area contributed by atoms with E-state index in [-0.39, 0.29) is 17.2 Å². The van der Waals surface area contributed by atoms with Crippen LogP contribution >= 0.6 is 23.2 Å². The van der Waals surface area contributed by atoms with Gasteiger partial charge < -0.3 is 4.57 Å². The van der Waals surface area contributed by atoms with E-state index in [0.717, 1.165) is 11.0 Å². The summed E-state index contributed by atoms with van der Waals surface area (Å²) in [6.07, 6.45) is 1.23. The van der Waals surface area contributed by atoms with Crippen molar-refractivity contribution in [2.45, 2.75) is 25.3 Å². The molecule has 20 heavy (non-hydrogen) atoms. The Balaban J connectivity index is 2.62. The number of fused-ring (bicyclic) bond motifs is 1. The van der Waals surface area contributed by atoms with Gasteiger partial charge in [0.05, 0.1) is 22.2 Å². The molecular weight excluding hydrogens is 319 g/mol. The van der Waals surface area contributed by atoms with Crippen molar-refractivity contribution < 1.29 is 8.42 Å². The van der Waals surface area contributed by atoms with E-state index in [4.69, 9.17) is 23.2 Å². The van der Waals surface area contributed by atoms with Gasteiger partial charge in [-0.15, -0.1) is 11.6 Å². The first kappa shape index (κ1) is 15.6. The molecule has 0 saturated carbocycles. The molecule has 2 atom stereocenters. The van der Waals surface area contributed by atoms with Crippen LogP contribution in [0.3, 0.4) is 0 Å². The van der Waals surface area contributed by atoms with Gasteiger partial charge in [0.25, 0.3) is 0 Å². The Morgan fingerprint density at radius 3 is 2.55 bits per heavy atom. The average molecular weight is 335 g/mol. The van der Waals surface area contributed by atoms with Crippen LogP contribution in [-0.4, -0.2) is 30.0 Å². The molecule has 0 aliphatic carbocycles. The fourth-order valence-corrected chi connectivity index (χ4v) is 3.69. The lowest BCUT2D eigenvalue weighted by molar-refractivity contribution is 0.555. The van der Waals surface area contributed by atoms with Gasteiger partial charge in [0.1, 0.15) is 15.7 Å². The van der Waals surface area contributed by atoms with E-state index in [1.165, 1.54) is 6.26 Å². The molecule has 2 rings (SSSR count). The van der Waals surface area contributed by atoms with Crippen LogP contribution in [0.2, 0.25) is 5.02 Å². The molecule has 0 fully saturated rings. The molecule has 0 saturated heterocycles. The number of sulfone groups is 1. The highest BCUT2D eigenvalue weighted by Crippen LogP contribution is 2.29. The number of rotatable bonds is 4. The number of imidazole rings is 1. The zero-order valence-electron chi connectivity index (χ0n) is 11.5. The topological polar surface area (TPSA) is 52.0 Å². The van der Waals surface area contributed by atoms with Crippen molar-refractivity contribution >= 4 is 44.1 Å². The van der Waals surface area contributed by atoms with Crippen LogP contribution in [0.4, 0.5) is 0 Å². The maximum atomic E-state index is 11.5. The maximum Gasteiger partial charge on any atom is 0.149 e. The van der Waals surface area contributed by atoms with E-state index in [0.29, 0.717) is 10.8 Å². The average Bonchev–Trinajstić information content (AvgIpc) is 2.64. The second-order valence-corrected chi connectivity index (χ2v) is 8.31. The Labute approximate surface area is 128 Å². The zero-order valence-corrected chi connectivity index (χ0v) is 13.8. The monoisotopic (exact) mass is 334 g/mol. The van der Waals surface area contributed by atoms with Crippen LogP contribution in [-0.2, 0) is 9.84 Å². The summed E-state index contributed by atoms with van der Waals surface area (Å²) >= 11 is 12.1. The maximum absolute atomic E-state index is 11.5. The predicted molar refractivity (Wildman–Crippen MR) is 83.4 cm³/mol. The zero-order chi connectivity index (χ0) is 15.1. The van der Waals surface area contributed by atoms with Crippen LogP contribution in [0.25, 0.3) is 11.0 Å². The third kappa shape index (κ3) is 3.27. The quantitative estimate of drug-likeness (QED) is 0.802. The Morgan fingerprint density at radius 2 is 2.00 bits per heavy atom. The first-order valence-corrected chi connectivity index (χ1v) is 9.05. The second-order valence-electron chi connectivity index (χ2n) is 5.03. The molecule has 0 aliphatic rings. The highest BCUT2D eigenvalue weighted by Gasteiger charge is 2.21. The molecule has 1 heterocycles. The van der Waals surface area contributed by atoms with Crippen molar-refractivity contribution in [2.24, 2.45) is 0 Å². The van der Waals surface area contributed by atoms with Gasteiger partial charge in [-0.25, -0.2) is 13.4 Å². The Morgan fingerprint density at radius 1 is 1.35 bits per heavy atom. The van der Waals surface area contributed by atoms with E-state index in [9.17, 15) is 8.42 Å². The number of hydrogen-bond donors (Lipinski definition) is 0. The molecule has 1 aromatic carbocycles. The number of nitrogens with zero attached hydrogens (tertiary/aromatic N) is 2. The third-order valence-electron chi connectivity index (χ3n) is 3.02. The van der Waals surface area contributed by atoms with Crippen molar-refractivity contribution in [3.8, 4) is 0 Å². The van der Waals surface area contributed by atoms with Gasteiger partial charge in [0.15, 0.2) is 0 Å². The number of benzene rings is 1. The molecule has 2 unspecified atom stereocenters. The molecular formula is C13H16Cl2N2O2S. The van der Waals surface area contributed by atoms with Crippen molar-refractivity contribution in [1.29, 1.82) is 0 Å². The minimum absolute atomic E-state index is 0.0394. The number of aromatic nitrogens is 2. The third-order valence-corrected chi connectivity index (χ3v) is 4.54. The van der Waals surface area contributed by atoms with Crippen molar-refractivity contribution in [3.63, 3.8) is 0 Å². The molecule has 0 radical (unpaired) electrons. The molecule has 0 aliphatic heterocycles. The summed E-state index contributed by atoms with van der Waals surface area (Å²) in [5, 5.41) is 0.273. The fourth-order valence-electron chi connectivity index (χ4n) is 2.35. The Kier molecular flexibility index (Phi) is 4.33. The fraction of sp³-hybridized carbons (Fsp3) is 0.462. The molecule has 7 heteroatoms. The van der Waals surface area contributed by atoms with E-state index in [2.05, 4.69) is 4.98 Å². The number of halogens is 2. The highest BCUT2D eigenvalue weighted by molar-refractivity contribution is 7.90. The van der Waals surface area contributed by atoms with Gasteiger partial charge in [-0.2, -0.15) is 0 Å². The molecule has 2 aromatic rings. The summed E-state index contributed by atoms with van der Waals surface area (Å²) in [5.41, 5.74) is 1.56. The molecule has 4 nitrogen and oxygen atoms in total. The highest BCUT2D eigenvalue weighted by atomic mass is 35.5. The number of alkyl halides is 1. The van der Waals surface area contributed by atoms with Gasteiger partial charge in [0, 0.05) is 17.3 Å². The number of hydrogen-bond acceptors (Lipinski definition) is 3. The first-order valence-electron chi connectivity index (χ1n) is 6.18. The van der Waals surface area contributed by atoms with Gasteiger partial charge in [-0.1, -0.05) is 11.6 Å². The first-order chi connectivity index (χ1) is 9.19. The lowest BCUT2D eigenvalue weighted by atomic mass is 10.3. The summed E-state index contributed by atoms with van der Waals surface area (Å²) in [6.45, 7) is 3.66. The van der Waals surface area contributed by atoms with E-state index in [1.54, 1.807) is 12.1 Å². The normalized spacial score (nSPS) is 15.4. The molecule has 0 amide bonds. The SMILES string of the molecule is CC(Cl)c1nc2cc(Cl)ccc2n1C(C)CS(C)(=O)=O. The standard InChI is InChI=1S/C13H16Cl2N2O2S/c1-8(7-20(3,18)19)17-12-5-4-10(15)6-11(12)16-13(17)9(2)14/h4-6,8-9H,7H2,1-3H3. The van der Waals surface area contributed by atoms with Crippen LogP contribution in [0, 0.1) is 0 Å². The molecule has 1 aromatic heterocycles. The van der Waals surface area contributed by atoms with Gasteiger partial charge in [-0.3, -0.25) is 0 Å². The van der Waals surface area contributed by atoms with Gasteiger partial charge >= 0.3 is 0 Å². The Bertz CT molecular complexity index is 738. The summed E-state index contributed by atoms with van der Waals surface area (Å²) in [7, 11) is -3.09. The summed E-state index contributed by atoms with van der Waals surface area (Å²) < 4.78 is 24.9. The minimum Gasteiger partial charge on any atom is -0.323 e. The van der Waals surface area contributed by atoms with Crippen LogP contribution in [0.15, 0.2) is 18.2 Å². The lowest BCUT2D eigenvalue weighted by Gasteiger charge is -2.17. The van der Waals surface area contributed by atoms with Crippen LogP contribution < -0.4 is 0 Å². The molecule has 110 valence electrons. The summed E-state index contributed by atoms with van der Waals surface area (Å²) in [6, 6.07) is 5.11. The Hall–Kier alpha value is -0.780. The predicted octanol–water partition coefficient (Wildman–Crippen LogP) is 3.60. The van der Waals surface area contributed by atoms with E-state index < -0.39 is 9.84 Å². The summed E-state index contributed by atoms with van der Waals surface area (Å²) in [5.74, 6) is 0.692. The smallest absolute Gasteiger partial charge is 0.149 e.